The molecule has 3 aromatic carbocycles. The summed E-state index contributed by atoms with van der Waals surface area (Å²) in [4.78, 5) is 29.4. The summed E-state index contributed by atoms with van der Waals surface area (Å²) in [5.74, 6) is -1.58. The first-order valence-corrected chi connectivity index (χ1v) is 12.3. The Labute approximate surface area is 215 Å². The van der Waals surface area contributed by atoms with Gasteiger partial charge in [0.15, 0.2) is 5.17 Å². The molecule has 5 rings (SSSR count). The van der Waals surface area contributed by atoms with Crippen molar-refractivity contribution >= 4 is 51.7 Å². The van der Waals surface area contributed by atoms with Crippen molar-refractivity contribution in [1.82, 2.24) is 5.01 Å². The molecule has 6 nitrogen and oxygen atoms in total. The zero-order chi connectivity index (χ0) is 25.2. The van der Waals surface area contributed by atoms with Gasteiger partial charge in [-0.05, 0) is 59.7 Å². The van der Waals surface area contributed by atoms with Gasteiger partial charge >= 0.3 is 0 Å². The first kappa shape index (κ1) is 24.1. The van der Waals surface area contributed by atoms with E-state index in [4.69, 9.17) is 16.7 Å². The maximum atomic E-state index is 13.6. The normalized spacial score (nSPS) is 19.3. The Kier molecular flexibility index (Phi) is 6.84. The van der Waals surface area contributed by atoms with Crippen LogP contribution in [-0.4, -0.2) is 33.0 Å². The van der Waals surface area contributed by atoms with Crippen LogP contribution in [0, 0.1) is 11.6 Å². The second-order valence-corrected chi connectivity index (χ2v) is 9.87. The average Bonchev–Trinajstić information content (AvgIpc) is 3.45. The Morgan fingerprint density at radius 1 is 1.00 bits per heavy atom. The third-order valence-corrected chi connectivity index (χ3v) is 7.16. The molecule has 2 atom stereocenters. The van der Waals surface area contributed by atoms with E-state index in [9.17, 15) is 18.4 Å². The van der Waals surface area contributed by atoms with Gasteiger partial charge in [0, 0.05) is 23.6 Å². The van der Waals surface area contributed by atoms with Crippen LogP contribution in [0.15, 0.2) is 82.9 Å². The lowest BCUT2D eigenvalue weighted by Gasteiger charge is -2.23. The highest BCUT2D eigenvalue weighted by atomic mass is 35.5. The van der Waals surface area contributed by atoms with E-state index < -0.39 is 17.0 Å². The van der Waals surface area contributed by atoms with Crippen molar-refractivity contribution in [2.24, 2.45) is 10.1 Å². The van der Waals surface area contributed by atoms with Crippen LogP contribution in [-0.2, 0) is 9.59 Å². The van der Waals surface area contributed by atoms with Crippen molar-refractivity contribution in [3.05, 3.63) is 101 Å². The number of carbonyl (C=O) groups is 2. The smallest absolute Gasteiger partial charge is 0.262 e. The van der Waals surface area contributed by atoms with E-state index >= 15 is 0 Å². The molecule has 2 amide bonds. The van der Waals surface area contributed by atoms with Gasteiger partial charge in [0.2, 0.25) is 5.91 Å². The quantitative estimate of drug-likeness (QED) is 0.458. The van der Waals surface area contributed by atoms with Gasteiger partial charge in [0.1, 0.15) is 16.9 Å². The number of aliphatic imine (C=N–C) groups is 1. The van der Waals surface area contributed by atoms with Gasteiger partial charge in [0.25, 0.3) is 5.91 Å². The summed E-state index contributed by atoms with van der Waals surface area (Å²) < 4.78 is 26.7. The predicted molar refractivity (Wildman–Crippen MR) is 137 cm³/mol. The molecule has 0 unspecified atom stereocenters. The minimum atomic E-state index is -0.718. The third-order valence-electron chi connectivity index (χ3n) is 5.77. The topological polar surface area (TPSA) is 74.1 Å². The lowest BCUT2D eigenvalue weighted by Crippen LogP contribution is -2.25. The van der Waals surface area contributed by atoms with Gasteiger partial charge in [-0.3, -0.25) is 9.59 Å². The molecule has 10 heteroatoms. The number of amidine groups is 1. The summed E-state index contributed by atoms with van der Waals surface area (Å²) >= 11 is 7.19. The second-order valence-electron chi connectivity index (χ2n) is 8.27. The Bertz CT molecular complexity index is 1360. The number of amides is 2. The first-order valence-electron chi connectivity index (χ1n) is 11.1. The molecule has 2 aliphatic heterocycles. The minimum absolute atomic E-state index is 0.101. The van der Waals surface area contributed by atoms with Crippen LogP contribution in [0.25, 0.3) is 0 Å². The molecule has 1 N–H and O–H groups in total. The fraction of sp³-hybridized carbons (Fsp3) is 0.154. The molecule has 36 heavy (non-hydrogen) atoms. The molecule has 0 bridgehead atoms. The highest BCUT2D eigenvalue weighted by Gasteiger charge is 2.39. The van der Waals surface area contributed by atoms with Crippen molar-refractivity contribution < 1.29 is 18.4 Å². The van der Waals surface area contributed by atoms with Gasteiger partial charge in [-0.25, -0.2) is 13.8 Å². The summed E-state index contributed by atoms with van der Waals surface area (Å²) in [5.41, 5.74) is 2.90. The number of nitrogens with one attached hydrogen (secondary N) is 1. The second kappa shape index (κ2) is 10.2. The molecule has 0 spiro atoms. The number of hydrazone groups is 1. The highest BCUT2D eigenvalue weighted by Crippen LogP contribution is 2.38. The minimum Gasteiger partial charge on any atom is -0.326 e. The zero-order valence-electron chi connectivity index (χ0n) is 18.7. The Morgan fingerprint density at radius 2 is 1.64 bits per heavy atom. The summed E-state index contributed by atoms with van der Waals surface area (Å²) in [7, 11) is 0. The first-order chi connectivity index (χ1) is 17.4. The van der Waals surface area contributed by atoms with Crippen molar-refractivity contribution in [2.75, 3.05) is 5.32 Å². The number of halogens is 3. The number of thioether (sulfide) groups is 1. The molecule has 0 fully saturated rings. The van der Waals surface area contributed by atoms with Crippen LogP contribution in [0.1, 0.15) is 30.0 Å². The monoisotopic (exact) mass is 524 g/mol. The molecule has 2 heterocycles. The molecular formula is C26H19ClF2N4O2S. The van der Waals surface area contributed by atoms with Crippen LogP contribution in [0.5, 0.6) is 0 Å². The van der Waals surface area contributed by atoms with E-state index in [0.29, 0.717) is 22.3 Å². The number of anilines is 1. The largest absolute Gasteiger partial charge is 0.326 e. The molecule has 0 saturated heterocycles. The maximum absolute atomic E-state index is 13.6. The molecule has 0 aliphatic carbocycles. The molecule has 0 radical (unpaired) electrons. The van der Waals surface area contributed by atoms with Gasteiger partial charge in [-0.2, -0.15) is 10.1 Å². The van der Waals surface area contributed by atoms with Crippen molar-refractivity contribution in [2.45, 2.75) is 24.1 Å². The van der Waals surface area contributed by atoms with Crippen LogP contribution < -0.4 is 5.32 Å². The number of hydrogen-bond acceptors (Lipinski definition) is 5. The fourth-order valence-electron chi connectivity index (χ4n) is 3.97. The molecule has 3 aromatic rings. The predicted octanol–water partition coefficient (Wildman–Crippen LogP) is 5.80. The molecule has 182 valence electrons. The summed E-state index contributed by atoms with van der Waals surface area (Å²) in [6.07, 6.45) is 0.410. The molecule has 2 aliphatic rings. The Morgan fingerprint density at radius 3 is 2.31 bits per heavy atom. The number of rotatable bonds is 5. The lowest BCUT2D eigenvalue weighted by atomic mass is 9.98. The van der Waals surface area contributed by atoms with E-state index in [-0.39, 0.29) is 24.2 Å². The third kappa shape index (κ3) is 5.32. The van der Waals surface area contributed by atoms with Gasteiger partial charge in [0.05, 0.1) is 11.8 Å². The lowest BCUT2D eigenvalue weighted by molar-refractivity contribution is -0.121. The number of benzene rings is 3. The Balaban J connectivity index is 1.35. The fourth-order valence-corrected chi connectivity index (χ4v) is 5.15. The summed E-state index contributed by atoms with van der Waals surface area (Å²) in [6.45, 7) is 0. The van der Waals surface area contributed by atoms with Crippen molar-refractivity contribution in [1.29, 1.82) is 0 Å². The van der Waals surface area contributed by atoms with Gasteiger partial charge in [-0.15, -0.1) is 0 Å². The molecule has 0 saturated carbocycles. The highest BCUT2D eigenvalue weighted by molar-refractivity contribution is 8.15. The van der Waals surface area contributed by atoms with Gasteiger partial charge in [-0.1, -0.05) is 47.6 Å². The van der Waals surface area contributed by atoms with Crippen LogP contribution in [0.2, 0.25) is 5.02 Å². The van der Waals surface area contributed by atoms with Crippen molar-refractivity contribution in [3.63, 3.8) is 0 Å². The van der Waals surface area contributed by atoms with Crippen LogP contribution in [0.4, 0.5) is 14.5 Å². The van der Waals surface area contributed by atoms with Crippen LogP contribution >= 0.6 is 23.4 Å². The van der Waals surface area contributed by atoms with E-state index in [2.05, 4.69) is 10.3 Å². The van der Waals surface area contributed by atoms with E-state index in [1.165, 1.54) is 36.4 Å². The van der Waals surface area contributed by atoms with E-state index in [1.54, 1.807) is 29.3 Å². The standard InChI is InChI=1S/C26H19ClF2N4O2S/c27-17-5-1-15(2-6-17)21-13-22(16-3-7-18(28)8-4-16)33(32-21)26-31-25(35)23(36-26)14-24(34)30-20-11-9-19(29)10-12-20/h1-12,22-23H,13-14H2,(H,30,34)/t22-,23+/m0/s1. The van der Waals surface area contributed by atoms with Crippen molar-refractivity contribution in [3.8, 4) is 0 Å². The Hall–Kier alpha value is -3.56. The zero-order valence-corrected chi connectivity index (χ0v) is 20.3. The van der Waals surface area contributed by atoms with Crippen LogP contribution in [0.3, 0.4) is 0 Å². The van der Waals surface area contributed by atoms with Gasteiger partial charge < -0.3 is 5.32 Å². The number of nitrogens with zero attached hydrogens (tertiary/aromatic N) is 3. The number of carbonyl (C=O) groups excluding carboxylic acids is 2. The van der Waals surface area contributed by atoms with E-state index in [1.807, 2.05) is 12.1 Å². The van der Waals surface area contributed by atoms with E-state index in [0.717, 1.165) is 28.6 Å². The maximum Gasteiger partial charge on any atom is 0.262 e. The molecular weight excluding hydrogens is 506 g/mol. The summed E-state index contributed by atoms with van der Waals surface area (Å²) in [5, 5.41) is 9.33. The molecule has 0 aromatic heterocycles. The summed E-state index contributed by atoms with van der Waals surface area (Å²) in [6, 6.07) is 18.5. The SMILES string of the molecule is O=C(C[C@H]1SC(N2N=C(c3ccc(Cl)cc3)C[C@H]2c2ccc(F)cc2)=NC1=O)Nc1ccc(F)cc1. The average molecular weight is 525 g/mol. The number of hydrogen-bond donors (Lipinski definition) is 1.